The molecular weight excluding hydrogens is 523 g/mol. The molecule has 4 heterocycles. The molecule has 2 atom stereocenters. The first kappa shape index (κ1) is 25.6. The Hall–Kier alpha value is -3.63. The second-order valence-corrected chi connectivity index (χ2v) is 11.0. The highest BCUT2D eigenvalue weighted by Gasteiger charge is 2.48. The van der Waals surface area contributed by atoms with Gasteiger partial charge in [0.1, 0.15) is 17.4 Å². The minimum atomic E-state index is -4.47. The highest BCUT2D eigenvalue weighted by Crippen LogP contribution is 2.45. The number of fused-ring (bicyclic) bond motifs is 1. The molecule has 0 bridgehead atoms. The zero-order chi connectivity index (χ0) is 27.0. The van der Waals surface area contributed by atoms with Crippen LogP contribution in [0.4, 0.5) is 19.0 Å². The Morgan fingerprint density at radius 1 is 0.974 bits per heavy atom. The molecule has 1 fully saturated rings. The van der Waals surface area contributed by atoms with E-state index >= 15 is 0 Å². The molecule has 4 aromatic rings. The van der Waals surface area contributed by atoms with Crippen LogP contribution in [0.5, 0.6) is 0 Å². The Labute approximate surface area is 228 Å². The summed E-state index contributed by atoms with van der Waals surface area (Å²) in [5, 5.41) is 9.09. The van der Waals surface area contributed by atoms with Crippen LogP contribution >= 0.6 is 11.3 Å². The number of hydrogen-bond acceptors (Lipinski definition) is 4. The third-order valence-corrected chi connectivity index (χ3v) is 8.71. The lowest BCUT2D eigenvalue weighted by atomic mass is 9.96. The number of halogens is 3. The summed E-state index contributed by atoms with van der Waals surface area (Å²) in [5.41, 5.74) is 2.62. The van der Waals surface area contributed by atoms with Crippen molar-refractivity contribution in [2.75, 3.05) is 31.5 Å². The van der Waals surface area contributed by atoms with Gasteiger partial charge in [0.05, 0.1) is 38.4 Å². The fourth-order valence-electron chi connectivity index (χ4n) is 5.81. The summed E-state index contributed by atoms with van der Waals surface area (Å²) in [7, 11) is 0. The van der Waals surface area contributed by atoms with Crippen LogP contribution in [0.25, 0.3) is 0 Å². The van der Waals surface area contributed by atoms with Gasteiger partial charge in [-0.2, -0.15) is 18.3 Å². The molecule has 10 heteroatoms. The number of carbonyl (C=O) groups is 1. The van der Waals surface area contributed by atoms with Crippen molar-refractivity contribution in [1.29, 1.82) is 0 Å². The molecule has 2 aliphatic heterocycles. The Morgan fingerprint density at radius 2 is 1.62 bits per heavy atom. The molecule has 0 radical (unpaired) electrons. The number of amides is 1. The zero-order valence-electron chi connectivity index (χ0n) is 21.1. The van der Waals surface area contributed by atoms with Crippen molar-refractivity contribution >= 4 is 23.1 Å². The van der Waals surface area contributed by atoms with E-state index in [1.54, 1.807) is 4.90 Å². The Morgan fingerprint density at radius 3 is 2.18 bits per heavy atom. The lowest BCUT2D eigenvalue weighted by Gasteiger charge is -2.37. The van der Waals surface area contributed by atoms with Crippen LogP contribution in [0.15, 0.2) is 84.4 Å². The van der Waals surface area contributed by atoms with Crippen LogP contribution in [0.2, 0.25) is 0 Å². The summed E-state index contributed by atoms with van der Waals surface area (Å²) in [6.45, 7) is 2.46. The number of nitrogens with one attached hydrogen (secondary N) is 2. The van der Waals surface area contributed by atoms with Crippen molar-refractivity contribution < 1.29 is 22.9 Å². The molecule has 39 heavy (non-hydrogen) atoms. The monoisotopic (exact) mass is 552 g/mol. The maximum absolute atomic E-state index is 14.0. The topological polar surface area (TPSA) is 54.6 Å². The molecule has 2 aromatic carbocycles. The second-order valence-electron chi connectivity index (χ2n) is 10.1. The van der Waals surface area contributed by atoms with Crippen molar-refractivity contribution in [2.45, 2.75) is 30.7 Å². The van der Waals surface area contributed by atoms with Crippen molar-refractivity contribution in [3.8, 4) is 0 Å². The van der Waals surface area contributed by atoms with Gasteiger partial charge in [-0.05, 0) is 11.4 Å². The third-order valence-electron chi connectivity index (χ3n) is 7.72. The quantitative estimate of drug-likeness (QED) is 0.376. The van der Waals surface area contributed by atoms with Crippen molar-refractivity contribution in [2.24, 2.45) is 0 Å². The van der Waals surface area contributed by atoms with E-state index < -0.39 is 18.3 Å². The number of quaternary nitrogens is 1. The lowest BCUT2D eigenvalue weighted by molar-refractivity contribution is -0.929. The van der Waals surface area contributed by atoms with E-state index in [1.165, 1.54) is 33.6 Å². The molecule has 0 unspecified atom stereocenters. The summed E-state index contributed by atoms with van der Waals surface area (Å²) in [5.74, 6) is -0.139. The average molecular weight is 553 g/mol. The first-order chi connectivity index (χ1) is 18.9. The summed E-state index contributed by atoms with van der Waals surface area (Å²) < 4.78 is 43.0. The second kappa shape index (κ2) is 10.5. The van der Waals surface area contributed by atoms with E-state index in [-0.39, 0.29) is 29.8 Å². The molecule has 2 N–H and O–H groups in total. The predicted molar refractivity (Wildman–Crippen MR) is 144 cm³/mol. The molecule has 1 amide bonds. The average Bonchev–Trinajstić information content (AvgIpc) is 3.64. The molecule has 6 nitrogen and oxygen atoms in total. The van der Waals surface area contributed by atoms with Gasteiger partial charge in [-0.15, -0.1) is 11.3 Å². The Balaban J connectivity index is 1.22. The summed E-state index contributed by atoms with van der Waals surface area (Å²) in [6, 6.07) is 22.2. The molecule has 2 aliphatic rings. The SMILES string of the molecule is O=C(c1cnn2c1N[C@H](c1cccs1)C[C@@H]2C(F)(F)F)N1CC[NH+](C(c2ccccc2)c2ccccc2)CC1. The molecule has 1 saturated heterocycles. The minimum Gasteiger partial charge on any atom is -0.362 e. The predicted octanol–water partition coefficient (Wildman–Crippen LogP) is 4.74. The molecule has 0 saturated carbocycles. The molecule has 6 rings (SSSR count). The summed E-state index contributed by atoms with van der Waals surface area (Å²) in [6.07, 6.45) is -3.36. The fourth-order valence-corrected chi connectivity index (χ4v) is 6.60. The number of rotatable bonds is 5. The molecule has 202 valence electrons. The highest BCUT2D eigenvalue weighted by molar-refractivity contribution is 7.10. The van der Waals surface area contributed by atoms with Crippen LogP contribution in [-0.2, 0) is 0 Å². The van der Waals surface area contributed by atoms with E-state index in [9.17, 15) is 18.0 Å². The number of nitrogens with zero attached hydrogens (tertiary/aromatic N) is 3. The number of carbonyl (C=O) groups excluding carboxylic acids is 1. The van der Waals surface area contributed by atoms with E-state index in [4.69, 9.17) is 0 Å². The van der Waals surface area contributed by atoms with Crippen LogP contribution in [-0.4, -0.2) is 52.9 Å². The zero-order valence-corrected chi connectivity index (χ0v) is 22.0. The minimum absolute atomic E-state index is 0.134. The van der Waals surface area contributed by atoms with Crippen LogP contribution in [0, 0.1) is 0 Å². The lowest BCUT2D eigenvalue weighted by Crippen LogP contribution is -3.15. The van der Waals surface area contributed by atoms with Gasteiger partial charge in [0.25, 0.3) is 5.91 Å². The van der Waals surface area contributed by atoms with E-state index in [0.717, 1.165) is 22.6 Å². The van der Waals surface area contributed by atoms with E-state index in [2.05, 4.69) is 34.7 Å². The molecule has 0 aliphatic carbocycles. The number of hydrogen-bond donors (Lipinski definition) is 2. The standard InChI is InChI=1S/C29H28F3N5OS/c30-29(31,32)25-18-23(24-12-7-17-39-24)34-27-22(19-33-37(25)27)28(38)36-15-13-35(14-16-36)26(20-8-3-1-4-9-20)21-10-5-2-6-11-21/h1-12,17,19,23,25-26,34H,13-16,18H2/p+1/t23-,25+/m0/s1. The van der Waals surface area contributed by atoms with Gasteiger partial charge in [-0.1, -0.05) is 66.7 Å². The maximum atomic E-state index is 14.0. The van der Waals surface area contributed by atoms with Gasteiger partial charge in [-0.3, -0.25) is 4.79 Å². The van der Waals surface area contributed by atoms with Crippen LogP contribution in [0.3, 0.4) is 0 Å². The molecular formula is C29H29F3N5OS+. The number of piperazine rings is 1. The Kier molecular flexibility index (Phi) is 6.90. The van der Waals surface area contributed by atoms with Gasteiger partial charge >= 0.3 is 6.18 Å². The van der Waals surface area contributed by atoms with Gasteiger partial charge in [-0.25, -0.2) is 4.68 Å². The summed E-state index contributed by atoms with van der Waals surface area (Å²) in [4.78, 5) is 17.5. The number of anilines is 1. The smallest absolute Gasteiger partial charge is 0.362 e. The van der Waals surface area contributed by atoms with Crippen molar-refractivity contribution in [3.05, 3.63) is 106 Å². The van der Waals surface area contributed by atoms with Gasteiger partial charge in [0, 0.05) is 22.4 Å². The maximum Gasteiger partial charge on any atom is 0.410 e. The number of aromatic nitrogens is 2. The fraction of sp³-hybridized carbons (Fsp3) is 0.310. The Bertz CT molecular complexity index is 1360. The first-order valence-electron chi connectivity index (χ1n) is 13.1. The van der Waals surface area contributed by atoms with Gasteiger partial charge in [0.15, 0.2) is 6.04 Å². The van der Waals surface area contributed by atoms with Crippen LogP contribution in [0.1, 0.15) is 50.9 Å². The number of benzene rings is 2. The normalized spacial score (nSPS) is 20.1. The highest BCUT2D eigenvalue weighted by atomic mass is 32.1. The van der Waals surface area contributed by atoms with E-state index in [0.29, 0.717) is 13.1 Å². The van der Waals surface area contributed by atoms with Crippen molar-refractivity contribution in [1.82, 2.24) is 14.7 Å². The first-order valence-corrected chi connectivity index (χ1v) is 14.0. The number of alkyl halides is 3. The van der Waals surface area contributed by atoms with Gasteiger partial charge < -0.3 is 15.1 Å². The largest absolute Gasteiger partial charge is 0.410 e. The van der Waals surface area contributed by atoms with Crippen molar-refractivity contribution in [3.63, 3.8) is 0 Å². The summed E-state index contributed by atoms with van der Waals surface area (Å²) >= 11 is 1.40. The molecule has 2 aromatic heterocycles. The van der Waals surface area contributed by atoms with Gasteiger partial charge in [0.2, 0.25) is 0 Å². The number of thiophene rings is 1. The van der Waals surface area contributed by atoms with Crippen LogP contribution < -0.4 is 10.2 Å². The molecule has 0 spiro atoms. The third kappa shape index (κ3) is 5.06. The van der Waals surface area contributed by atoms with E-state index in [1.807, 2.05) is 53.9 Å².